The van der Waals surface area contributed by atoms with E-state index in [-0.39, 0.29) is 17.3 Å². The summed E-state index contributed by atoms with van der Waals surface area (Å²) in [4.78, 5) is 46.0. The molecule has 4 heteroatoms. The second-order valence-corrected chi connectivity index (χ2v) is 11.3. The Morgan fingerprint density at radius 1 is 0.750 bits per heavy atom. The fraction of sp³-hybridized carbons (Fsp3) is 0.194. The van der Waals surface area contributed by atoms with Crippen LogP contribution in [0.25, 0.3) is 6.08 Å². The fourth-order valence-electron chi connectivity index (χ4n) is 7.15. The number of rotatable bonds is 4. The zero-order valence-corrected chi connectivity index (χ0v) is 22.5. The predicted molar refractivity (Wildman–Crippen MR) is 157 cm³/mol. The number of hydrogen-bond acceptors (Lipinski definition) is 4. The Balaban J connectivity index is 1.54. The van der Waals surface area contributed by atoms with Crippen molar-refractivity contribution in [1.29, 1.82) is 0 Å². The van der Waals surface area contributed by atoms with Crippen LogP contribution in [0.2, 0.25) is 0 Å². The van der Waals surface area contributed by atoms with Crippen LogP contribution in [0, 0.1) is 5.41 Å². The number of anilines is 1. The number of carbonyl (C=O) groups is 3. The summed E-state index contributed by atoms with van der Waals surface area (Å²) in [5, 5.41) is 0. The Labute approximate surface area is 234 Å². The summed E-state index contributed by atoms with van der Waals surface area (Å²) in [7, 11) is 0. The van der Waals surface area contributed by atoms with Gasteiger partial charge in [-0.15, -0.1) is 0 Å². The average Bonchev–Trinajstić information content (AvgIpc) is 3.43. The standard InChI is InChI=1S/C36H29NO3/c1-22(2)23-16-18-25(19-17-23)31-32(33(38)26-11-4-3-5-12-26)37-29-15-9-6-10-24(29)20-21-30(37)36(31)34(39)27-13-7-8-14-28(27)35(36)40/h3-22,30-32H,1-2H3/t30-,31+,32+/m0/s1. The summed E-state index contributed by atoms with van der Waals surface area (Å²) >= 11 is 0. The number of Topliss-reactive ketones (excluding diaryl/α,β-unsaturated/α-hetero) is 3. The molecule has 1 fully saturated rings. The van der Waals surface area contributed by atoms with Crippen LogP contribution >= 0.6 is 0 Å². The van der Waals surface area contributed by atoms with Gasteiger partial charge in [-0.1, -0.05) is 123 Å². The van der Waals surface area contributed by atoms with Crippen molar-refractivity contribution < 1.29 is 14.4 Å². The molecule has 1 aliphatic carbocycles. The first kappa shape index (κ1) is 24.5. The topological polar surface area (TPSA) is 54.5 Å². The van der Waals surface area contributed by atoms with Gasteiger partial charge in [-0.25, -0.2) is 0 Å². The minimum Gasteiger partial charge on any atom is -0.352 e. The molecule has 1 spiro atoms. The zero-order valence-electron chi connectivity index (χ0n) is 22.5. The number of fused-ring (bicyclic) bond motifs is 5. The molecule has 4 nitrogen and oxygen atoms in total. The molecule has 3 aliphatic rings. The molecule has 7 rings (SSSR count). The minimum atomic E-state index is -1.47. The van der Waals surface area contributed by atoms with Gasteiger partial charge in [0.05, 0.1) is 6.04 Å². The molecule has 1 saturated heterocycles. The lowest BCUT2D eigenvalue weighted by Gasteiger charge is -2.37. The highest BCUT2D eigenvalue weighted by Crippen LogP contribution is 2.61. The van der Waals surface area contributed by atoms with Gasteiger partial charge in [0.25, 0.3) is 0 Å². The number of nitrogens with zero attached hydrogens (tertiary/aromatic N) is 1. The van der Waals surface area contributed by atoms with Gasteiger partial charge in [-0.3, -0.25) is 14.4 Å². The summed E-state index contributed by atoms with van der Waals surface area (Å²) in [6, 6.07) is 31.1. The van der Waals surface area contributed by atoms with Gasteiger partial charge in [0.2, 0.25) is 0 Å². The normalized spacial score (nSPS) is 22.0. The molecule has 0 radical (unpaired) electrons. The third-order valence-corrected chi connectivity index (χ3v) is 9.00. The van der Waals surface area contributed by atoms with Crippen LogP contribution in [-0.4, -0.2) is 29.4 Å². The van der Waals surface area contributed by atoms with Crippen molar-refractivity contribution in [2.24, 2.45) is 5.41 Å². The van der Waals surface area contributed by atoms with Gasteiger partial charge < -0.3 is 4.90 Å². The average molecular weight is 524 g/mol. The maximum atomic E-state index is 14.7. The Morgan fingerprint density at radius 3 is 2.00 bits per heavy atom. The summed E-state index contributed by atoms with van der Waals surface area (Å²) < 4.78 is 0. The van der Waals surface area contributed by atoms with E-state index in [1.54, 1.807) is 24.3 Å². The first-order chi connectivity index (χ1) is 19.4. The van der Waals surface area contributed by atoms with Crippen LogP contribution in [0.5, 0.6) is 0 Å². The maximum absolute atomic E-state index is 14.7. The van der Waals surface area contributed by atoms with E-state index in [1.165, 1.54) is 0 Å². The van der Waals surface area contributed by atoms with Crippen LogP contribution in [-0.2, 0) is 0 Å². The number of para-hydroxylation sites is 1. The molecule has 4 aromatic carbocycles. The van der Waals surface area contributed by atoms with Gasteiger partial charge in [-0.2, -0.15) is 0 Å². The Bertz CT molecular complexity index is 1660. The van der Waals surface area contributed by atoms with E-state index >= 15 is 0 Å². The third kappa shape index (κ3) is 3.22. The molecule has 0 aromatic heterocycles. The van der Waals surface area contributed by atoms with Gasteiger partial charge in [0.1, 0.15) is 11.5 Å². The SMILES string of the molecule is CC(C)c1ccc([C@@H]2[C@H](C(=O)c3ccccc3)N3c4ccccc4C=C[C@H]3C23C(=O)c2ccccc2C3=O)cc1. The smallest absolute Gasteiger partial charge is 0.185 e. The molecular formula is C36H29NO3. The van der Waals surface area contributed by atoms with Crippen molar-refractivity contribution in [3.05, 3.63) is 143 Å². The number of ketones is 3. The van der Waals surface area contributed by atoms with Crippen molar-refractivity contribution in [2.45, 2.75) is 37.8 Å². The van der Waals surface area contributed by atoms with E-state index in [1.807, 2.05) is 78.9 Å². The quantitative estimate of drug-likeness (QED) is 0.211. The molecule has 196 valence electrons. The second kappa shape index (κ2) is 8.99. The molecule has 0 unspecified atom stereocenters. The van der Waals surface area contributed by atoms with Crippen molar-refractivity contribution in [3.63, 3.8) is 0 Å². The predicted octanol–water partition coefficient (Wildman–Crippen LogP) is 7.13. The number of hydrogen-bond donors (Lipinski definition) is 0. The molecule has 2 heterocycles. The first-order valence-corrected chi connectivity index (χ1v) is 13.9. The van der Waals surface area contributed by atoms with Gasteiger partial charge in [-0.05, 0) is 28.7 Å². The zero-order chi connectivity index (χ0) is 27.6. The number of benzene rings is 4. The molecular weight excluding hydrogens is 494 g/mol. The van der Waals surface area contributed by atoms with Crippen LogP contribution < -0.4 is 4.90 Å². The largest absolute Gasteiger partial charge is 0.352 e. The van der Waals surface area contributed by atoms with Crippen molar-refractivity contribution in [3.8, 4) is 0 Å². The molecule has 0 bridgehead atoms. The van der Waals surface area contributed by atoms with Gasteiger partial charge >= 0.3 is 0 Å². The lowest BCUT2D eigenvalue weighted by atomic mass is 9.64. The number of carbonyl (C=O) groups excluding carboxylic acids is 3. The molecule has 0 amide bonds. The van der Waals surface area contributed by atoms with Crippen LogP contribution in [0.1, 0.15) is 73.4 Å². The van der Waals surface area contributed by atoms with E-state index in [2.05, 4.69) is 30.9 Å². The van der Waals surface area contributed by atoms with E-state index < -0.39 is 23.4 Å². The summed E-state index contributed by atoms with van der Waals surface area (Å²) in [6.45, 7) is 4.27. The van der Waals surface area contributed by atoms with E-state index in [4.69, 9.17) is 0 Å². The van der Waals surface area contributed by atoms with Crippen molar-refractivity contribution in [2.75, 3.05) is 4.90 Å². The van der Waals surface area contributed by atoms with E-state index in [0.29, 0.717) is 22.6 Å². The van der Waals surface area contributed by atoms with E-state index in [9.17, 15) is 14.4 Å². The van der Waals surface area contributed by atoms with Gasteiger partial charge in [0, 0.05) is 28.3 Å². The van der Waals surface area contributed by atoms with Crippen LogP contribution in [0.3, 0.4) is 0 Å². The third-order valence-electron chi connectivity index (χ3n) is 9.00. The lowest BCUT2D eigenvalue weighted by molar-refractivity contribution is 0.0666. The Hall–Kier alpha value is -4.57. The molecule has 0 N–H and O–H groups in total. The Kier molecular flexibility index (Phi) is 5.50. The molecule has 0 saturated carbocycles. The molecule has 3 atom stereocenters. The maximum Gasteiger partial charge on any atom is 0.185 e. The second-order valence-electron chi connectivity index (χ2n) is 11.3. The summed E-state index contributed by atoms with van der Waals surface area (Å²) in [6.07, 6.45) is 3.97. The lowest BCUT2D eigenvalue weighted by Crippen LogP contribution is -2.48. The summed E-state index contributed by atoms with van der Waals surface area (Å²) in [5.74, 6) is -0.855. The minimum absolute atomic E-state index is 0.0953. The van der Waals surface area contributed by atoms with Crippen LogP contribution in [0.15, 0.2) is 109 Å². The van der Waals surface area contributed by atoms with Gasteiger partial charge in [0.15, 0.2) is 17.3 Å². The van der Waals surface area contributed by atoms with Crippen molar-refractivity contribution >= 4 is 29.1 Å². The first-order valence-electron chi connectivity index (χ1n) is 13.9. The highest BCUT2D eigenvalue weighted by molar-refractivity contribution is 6.32. The monoisotopic (exact) mass is 523 g/mol. The fourth-order valence-corrected chi connectivity index (χ4v) is 7.15. The molecule has 2 aliphatic heterocycles. The van der Waals surface area contributed by atoms with Crippen molar-refractivity contribution in [1.82, 2.24) is 0 Å². The van der Waals surface area contributed by atoms with E-state index in [0.717, 1.165) is 22.4 Å². The summed E-state index contributed by atoms with van der Waals surface area (Å²) in [5.41, 5.74) is 3.79. The Morgan fingerprint density at radius 2 is 1.35 bits per heavy atom. The highest BCUT2D eigenvalue weighted by atomic mass is 16.2. The molecule has 40 heavy (non-hydrogen) atoms. The van der Waals surface area contributed by atoms with Crippen LogP contribution in [0.4, 0.5) is 5.69 Å². The molecule has 4 aromatic rings. The highest BCUT2D eigenvalue weighted by Gasteiger charge is 2.71.